The molecule has 0 fully saturated rings. The fourth-order valence-electron chi connectivity index (χ4n) is 3.10. The van der Waals surface area contributed by atoms with E-state index >= 15 is 0 Å². The number of nitrogens with one attached hydrogen (secondary N) is 1. The van der Waals surface area contributed by atoms with Crippen LogP contribution in [0.4, 0.5) is 0 Å². The van der Waals surface area contributed by atoms with E-state index in [2.05, 4.69) is 26.1 Å². The Hall–Kier alpha value is -2.21. The fourth-order valence-corrected chi connectivity index (χ4v) is 4.03. The van der Waals surface area contributed by atoms with Crippen molar-refractivity contribution in [2.45, 2.75) is 46.1 Å². The van der Waals surface area contributed by atoms with Crippen molar-refractivity contribution < 1.29 is 19.0 Å². The smallest absolute Gasteiger partial charge is 0.261 e. The van der Waals surface area contributed by atoms with Gasteiger partial charge in [-0.25, -0.2) is 0 Å². The van der Waals surface area contributed by atoms with Gasteiger partial charge in [-0.3, -0.25) is 4.79 Å². The van der Waals surface area contributed by atoms with Crippen molar-refractivity contribution in [1.82, 2.24) is 5.32 Å². The molecule has 0 aliphatic carbocycles. The van der Waals surface area contributed by atoms with Gasteiger partial charge in [0.2, 0.25) is 5.75 Å². The number of rotatable bonds is 10. The second-order valence-corrected chi connectivity index (χ2v) is 8.33. The van der Waals surface area contributed by atoms with Crippen LogP contribution in [0.1, 0.15) is 49.7 Å². The Morgan fingerprint density at radius 2 is 1.68 bits per heavy atom. The Kier molecular flexibility index (Phi) is 8.18. The maximum Gasteiger partial charge on any atom is 0.261 e. The van der Waals surface area contributed by atoms with Crippen LogP contribution in [0.3, 0.4) is 0 Å². The summed E-state index contributed by atoms with van der Waals surface area (Å²) >= 11 is 1.44. The molecule has 154 valence electrons. The van der Waals surface area contributed by atoms with Gasteiger partial charge in [0, 0.05) is 16.5 Å². The largest absolute Gasteiger partial charge is 0.493 e. The molecular weight excluding hydrogens is 374 g/mol. The highest BCUT2D eigenvalue weighted by Gasteiger charge is 2.20. The Labute approximate surface area is 172 Å². The predicted octanol–water partition coefficient (Wildman–Crippen LogP) is 5.39. The number of carbonyl (C=O) groups is 1. The van der Waals surface area contributed by atoms with Gasteiger partial charge in [0.15, 0.2) is 11.5 Å². The number of thiophene rings is 1. The Balaban J connectivity index is 2.14. The number of benzene rings is 1. The summed E-state index contributed by atoms with van der Waals surface area (Å²) in [5, 5.41) is 3.10. The second-order valence-electron chi connectivity index (χ2n) is 7.25. The molecule has 0 bridgehead atoms. The summed E-state index contributed by atoms with van der Waals surface area (Å²) in [6, 6.07) is 7.71. The van der Waals surface area contributed by atoms with Crippen molar-refractivity contribution in [3.63, 3.8) is 0 Å². The summed E-state index contributed by atoms with van der Waals surface area (Å²) in [6.45, 7) is 6.50. The van der Waals surface area contributed by atoms with Crippen LogP contribution >= 0.6 is 11.3 Å². The van der Waals surface area contributed by atoms with Gasteiger partial charge in [-0.2, -0.15) is 0 Å². The predicted molar refractivity (Wildman–Crippen MR) is 115 cm³/mol. The van der Waals surface area contributed by atoms with Crippen LogP contribution in [0.5, 0.6) is 17.2 Å². The maximum atomic E-state index is 12.6. The molecule has 5 nitrogen and oxygen atoms in total. The van der Waals surface area contributed by atoms with Gasteiger partial charge in [-0.15, -0.1) is 11.3 Å². The first-order valence-corrected chi connectivity index (χ1v) is 10.4. The zero-order valence-electron chi connectivity index (χ0n) is 17.6. The van der Waals surface area contributed by atoms with Crippen LogP contribution in [-0.2, 0) is 0 Å². The van der Waals surface area contributed by atoms with Gasteiger partial charge < -0.3 is 19.5 Å². The molecular formula is C22H31NO4S. The zero-order chi connectivity index (χ0) is 20.7. The van der Waals surface area contributed by atoms with E-state index in [4.69, 9.17) is 14.2 Å². The molecule has 6 heteroatoms. The first-order valence-electron chi connectivity index (χ1n) is 9.61. The molecule has 1 aromatic carbocycles. The molecule has 1 heterocycles. The molecule has 2 aromatic rings. The molecule has 1 N–H and O–H groups in total. The summed E-state index contributed by atoms with van der Waals surface area (Å²) in [6.07, 6.45) is 3.30. The average molecular weight is 406 g/mol. The van der Waals surface area contributed by atoms with Crippen molar-refractivity contribution in [2.75, 3.05) is 21.3 Å². The normalized spacial score (nSPS) is 12.0. The van der Waals surface area contributed by atoms with E-state index in [1.807, 2.05) is 24.3 Å². The summed E-state index contributed by atoms with van der Waals surface area (Å²) in [5.41, 5.74) is 0.870. The first kappa shape index (κ1) is 22.1. The molecule has 0 aliphatic heterocycles. The van der Waals surface area contributed by atoms with Gasteiger partial charge >= 0.3 is 0 Å². The number of hydrogen-bond donors (Lipinski definition) is 1. The molecule has 1 atom stereocenters. The van der Waals surface area contributed by atoms with E-state index in [-0.39, 0.29) is 11.9 Å². The Morgan fingerprint density at radius 1 is 0.964 bits per heavy atom. The lowest BCUT2D eigenvalue weighted by Gasteiger charge is -2.15. The third kappa shape index (κ3) is 5.41. The van der Waals surface area contributed by atoms with E-state index < -0.39 is 0 Å². The van der Waals surface area contributed by atoms with Crippen LogP contribution in [0.2, 0.25) is 0 Å². The van der Waals surface area contributed by atoms with E-state index in [1.165, 1.54) is 17.8 Å². The topological polar surface area (TPSA) is 56.8 Å². The maximum absolute atomic E-state index is 12.6. The minimum Gasteiger partial charge on any atom is -0.493 e. The van der Waals surface area contributed by atoms with Crippen LogP contribution in [0, 0.1) is 5.92 Å². The van der Waals surface area contributed by atoms with Gasteiger partial charge in [-0.1, -0.05) is 26.7 Å². The van der Waals surface area contributed by atoms with Gasteiger partial charge in [0.25, 0.3) is 5.91 Å². The quantitative estimate of drug-likeness (QED) is 0.576. The number of methoxy groups -OCH3 is 3. The molecule has 28 heavy (non-hydrogen) atoms. The lowest BCUT2D eigenvalue weighted by Crippen LogP contribution is -2.31. The number of amides is 1. The number of ether oxygens (including phenoxy) is 3. The van der Waals surface area contributed by atoms with E-state index in [0.29, 0.717) is 28.0 Å². The molecule has 2 rings (SSSR count). The molecule has 0 aliphatic rings. The first-order chi connectivity index (χ1) is 13.4. The monoisotopic (exact) mass is 405 g/mol. The van der Waals surface area contributed by atoms with Crippen LogP contribution in [0.15, 0.2) is 24.3 Å². The SMILES string of the molecule is COc1ccc(-c2ccc(C(=O)NC(C)CCCC(C)C)s2)c(OC)c1OC. The minimum absolute atomic E-state index is 0.0345. The van der Waals surface area contributed by atoms with Crippen molar-refractivity contribution in [3.8, 4) is 27.7 Å². The second kappa shape index (κ2) is 10.4. The summed E-state index contributed by atoms with van der Waals surface area (Å²) in [7, 11) is 4.77. The van der Waals surface area contributed by atoms with Crippen molar-refractivity contribution in [1.29, 1.82) is 0 Å². The van der Waals surface area contributed by atoms with E-state index in [9.17, 15) is 4.79 Å². The molecule has 0 saturated carbocycles. The standard InChI is InChI=1S/C22H31NO4S/c1-14(2)8-7-9-15(3)23-22(24)19-13-12-18(28-19)16-10-11-17(25-4)21(27-6)20(16)26-5/h10-15H,7-9H2,1-6H3,(H,23,24). The van der Waals surface area contributed by atoms with Gasteiger partial charge in [0.05, 0.1) is 26.2 Å². The molecule has 1 aromatic heterocycles. The Bertz CT molecular complexity index is 785. The third-order valence-corrected chi connectivity index (χ3v) is 5.71. The number of hydrogen-bond acceptors (Lipinski definition) is 5. The van der Waals surface area contributed by atoms with Gasteiger partial charge in [-0.05, 0) is 43.5 Å². The van der Waals surface area contributed by atoms with Crippen LogP contribution in [0.25, 0.3) is 10.4 Å². The molecule has 1 unspecified atom stereocenters. The zero-order valence-corrected chi connectivity index (χ0v) is 18.4. The molecule has 0 saturated heterocycles. The van der Waals surface area contributed by atoms with Crippen molar-refractivity contribution in [3.05, 3.63) is 29.1 Å². The van der Waals surface area contributed by atoms with E-state index in [1.54, 1.807) is 21.3 Å². The number of carbonyl (C=O) groups excluding carboxylic acids is 1. The lowest BCUT2D eigenvalue weighted by atomic mass is 10.0. The molecule has 0 spiro atoms. The highest BCUT2D eigenvalue weighted by molar-refractivity contribution is 7.17. The fraction of sp³-hybridized carbons (Fsp3) is 0.500. The van der Waals surface area contributed by atoms with Crippen LogP contribution < -0.4 is 19.5 Å². The Morgan fingerprint density at radius 3 is 2.29 bits per heavy atom. The highest BCUT2D eigenvalue weighted by atomic mass is 32.1. The summed E-state index contributed by atoms with van der Waals surface area (Å²) in [4.78, 5) is 14.2. The summed E-state index contributed by atoms with van der Waals surface area (Å²) < 4.78 is 16.4. The lowest BCUT2D eigenvalue weighted by molar-refractivity contribution is 0.0942. The average Bonchev–Trinajstić information content (AvgIpc) is 3.16. The van der Waals surface area contributed by atoms with Crippen LogP contribution in [-0.4, -0.2) is 33.3 Å². The summed E-state index contributed by atoms with van der Waals surface area (Å²) in [5.74, 6) is 2.40. The van der Waals surface area contributed by atoms with E-state index in [0.717, 1.165) is 23.3 Å². The highest BCUT2D eigenvalue weighted by Crippen LogP contribution is 2.45. The van der Waals surface area contributed by atoms with Crippen molar-refractivity contribution >= 4 is 17.2 Å². The molecule has 0 radical (unpaired) electrons. The van der Waals surface area contributed by atoms with Gasteiger partial charge in [0.1, 0.15) is 0 Å². The minimum atomic E-state index is -0.0345. The van der Waals surface area contributed by atoms with Crippen molar-refractivity contribution in [2.24, 2.45) is 5.92 Å². The molecule has 1 amide bonds. The third-order valence-electron chi connectivity index (χ3n) is 4.60.